The molecule has 0 saturated heterocycles. The lowest BCUT2D eigenvalue weighted by molar-refractivity contribution is 0.184. The van der Waals surface area contributed by atoms with Crippen LogP contribution in [0.3, 0.4) is 0 Å². The zero-order chi connectivity index (χ0) is 12.8. The molecule has 0 unspecified atom stereocenters. The molecule has 2 rings (SSSR count). The first kappa shape index (κ1) is 12.8. The Hall–Kier alpha value is -1.65. The molecule has 0 saturated carbocycles. The molecule has 0 spiro atoms. The van der Waals surface area contributed by atoms with E-state index < -0.39 is 0 Å². The van der Waals surface area contributed by atoms with Crippen molar-refractivity contribution in [2.24, 2.45) is 0 Å². The topological polar surface area (TPSA) is 44.2 Å². The highest BCUT2D eigenvalue weighted by molar-refractivity contribution is 6.16. The summed E-state index contributed by atoms with van der Waals surface area (Å²) in [7, 11) is 1.66. The first-order chi connectivity index (χ1) is 8.81. The largest absolute Gasteiger partial charge is 0.438 e. The van der Waals surface area contributed by atoms with Crippen molar-refractivity contribution in [3.8, 4) is 11.6 Å². The maximum Gasteiger partial charge on any atom is 0.238 e. The highest BCUT2D eigenvalue weighted by Gasteiger charge is 2.01. The molecule has 0 aliphatic heterocycles. The smallest absolute Gasteiger partial charge is 0.238 e. The Morgan fingerprint density at radius 3 is 2.72 bits per heavy atom. The SMILES string of the molecule is COCc1cccc(Oc2ccc(CCl)nn2)c1. The summed E-state index contributed by atoms with van der Waals surface area (Å²) < 4.78 is 10.7. The van der Waals surface area contributed by atoms with Crippen LogP contribution in [0, 0.1) is 0 Å². The lowest BCUT2D eigenvalue weighted by atomic mass is 10.2. The predicted octanol–water partition coefficient (Wildman–Crippen LogP) is 3.15. The molecule has 0 radical (unpaired) electrons. The van der Waals surface area contributed by atoms with Crippen molar-refractivity contribution < 1.29 is 9.47 Å². The molecule has 0 bridgehead atoms. The van der Waals surface area contributed by atoms with E-state index in [9.17, 15) is 0 Å². The number of ether oxygens (including phenoxy) is 2. The van der Waals surface area contributed by atoms with Gasteiger partial charge in [0.2, 0.25) is 5.88 Å². The highest BCUT2D eigenvalue weighted by Crippen LogP contribution is 2.20. The highest BCUT2D eigenvalue weighted by atomic mass is 35.5. The standard InChI is InChI=1S/C13H13ClN2O2/c1-17-9-10-3-2-4-12(7-10)18-13-6-5-11(8-14)15-16-13/h2-7H,8-9H2,1H3. The number of alkyl halides is 1. The summed E-state index contributed by atoms with van der Waals surface area (Å²) in [4.78, 5) is 0. The monoisotopic (exact) mass is 264 g/mol. The average Bonchev–Trinajstić information content (AvgIpc) is 2.40. The summed E-state index contributed by atoms with van der Waals surface area (Å²) >= 11 is 5.64. The van der Waals surface area contributed by atoms with Gasteiger partial charge >= 0.3 is 0 Å². The van der Waals surface area contributed by atoms with Crippen molar-refractivity contribution in [1.82, 2.24) is 10.2 Å². The fourth-order valence-corrected chi connectivity index (χ4v) is 1.60. The Morgan fingerprint density at radius 1 is 1.17 bits per heavy atom. The van der Waals surface area contributed by atoms with Crippen LogP contribution in [-0.4, -0.2) is 17.3 Å². The van der Waals surface area contributed by atoms with Gasteiger partial charge in [-0.05, 0) is 23.8 Å². The quantitative estimate of drug-likeness (QED) is 0.778. The Kier molecular flexibility index (Phi) is 4.50. The van der Waals surface area contributed by atoms with Gasteiger partial charge in [-0.25, -0.2) is 0 Å². The van der Waals surface area contributed by atoms with Gasteiger partial charge < -0.3 is 9.47 Å². The third-order valence-electron chi connectivity index (χ3n) is 2.26. The average molecular weight is 265 g/mol. The first-order valence-electron chi connectivity index (χ1n) is 5.46. The van der Waals surface area contributed by atoms with Crippen LogP contribution in [0.2, 0.25) is 0 Å². The van der Waals surface area contributed by atoms with E-state index >= 15 is 0 Å². The number of rotatable bonds is 5. The minimum atomic E-state index is 0.344. The van der Waals surface area contributed by atoms with Crippen LogP contribution in [-0.2, 0) is 17.2 Å². The molecule has 5 heteroatoms. The summed E-state index contributed by atoms with van der Waals surface area (Å²) in [5.74, 6) is 1.49. The second kappa shape index (κ2) is 6.33. The Labute approximate surface area is 111 Å². The fourth-order valence-electron chi connectivity index (χ4n) is 1.46. The lowest BCUT2D eigenvalue weighted by Crippen LogP contribution is -1.94. The molecule has 18 heavy (non-hydrogen) atoms. The number of aromatic nitrogens is 2. The van der Waals surface area contributed by atoms with Crippen molar-refractivity contribution in [1.29, 1.82) is 0 Å². The zero-order valence-electron chi connectivity index (χ0n) is 9.97. The van der Waals surface area contributed by atoms with Gasteiger partial charge in [-0.2, -0.15) is 5.10 Å². The Balaban J connectivity index is 2.09. The molecule has 1 aromatic carbocycles. The van der Waals surface area contributed by atoms with Crippen molar-refractivity contribution >= 4 is 11.6 Å². The predicted molar refractivity (Wildman–Crippen MR) is 68.8 cm³/mol. The van der Waals surface area contributed by atoms with Crippen LogP contribution >= 0.6 is 11.6 Å². The first-order valence-corrected chi connectivity index (χ1v) is 5.99. The molecule has 0 fully saturated rings. The van der Waals surface area contributed by atoms with Crippen LogP contribution in [0.1, 0.15) is 11.3 Å². The number of nitrogens with zero attached hydrogens (tertiary/aromatic N) is 2. The van der Waals surface area contributed by atoms with E-state index in [1.165, 1.54) is 0 Å². The summed E-state index contributed by atoms with van der Waals surface area (Å²) in [6.07, 6.45) is 0. The van der Waals surface area contributed by atoms with Crippen molar-refractivity contribution in [3.63, 3.8) is 0 Å². The molecule has 0 aliphatic rings. The van der Waals surface area contributed by atoms with E-state index in [0.717, 1.165) is 11.3 Å². The van der Waals surface area contributed by atoms with E-state index in [4.69, 9.17) is 21.1 Å². The van der Waals surface area contributed by atoms with Crippen LogP contribution in [0.15, 0.2) is 36.4 Å². The van der Waals surface area contributed by atoms with Crippen molar-refractivity contribution in [2.45, 2.75) is 12.5 Å². The van der Waals surface area contributed by atoms with Gasteiger partial charge in [-0.15, -0.1) is 16.7 Å². The summed E-state index contributed by atoms with van der Waals surface area (Å²) in [6, 6.07) is 11.2. The number of benzene rings is 1. The molecular weight excluding hydrogens is 252 g/mol. The maximum absolute atomic E-state index is 5.64. The minimum Gasteiger partial charge on any atom is -0.438 e. The lowest BCUT2D eigenvalue weighted by Gasteiger charge is -2.06. The molecule has 0 amide bonds. The minimum absolute atomic E-state index is 0.344. The molecule has 2 aromatic rings. The molecule has 1 aromatic heterocycles. The van der Waals surface area contributed by atoms with Gasteiger partial charge in [0.05, 0.1) is 18.2 Å². The van der Waals surface area contributed by atoms with E-state index in [0.29, 0.717) is 24.1 Å². The van der Waals surface area contributed by atoms with E-state index in [-0.39, 0.29) is 0 Å². The second-order valence-electron chi connectivity index (χ2n) is 3.68. The van der Waals surface area contributed by atoms with E-state index in [1.54, 1.807) is 19.2 Å². The van der Waals surface area contributed by atoms with Crippen LogP contribution in [0.25, 0.3) is 0 Å². The zero-order valence-corrected chi connectivity index (χ0v) is 10.7. The number of methoxy groups -OCH3 is 1. The van der Waals surface area contributed by atoms with Crippen molar-refractivity contribution in [2.75, 3.05) is 7.11 Å². The second-order valence-corrected chi connectivity index (χ2v) is 3.95. The van der Waals surface area contributed by atoms with Crippen LogP contribution < -0.4 is 4.74 Å². The van der Waals surface area contributed by atoms with Gasteiger partial charge in [0.1, 0.15) is 5.75 Å². The number of hydrogen-bond donors (Lipinski definition) is 0. The van der Waals surface area contributed by atoms with Gasteiger partial charge in [0.25, 0.3) is 0 Å². The Bertz CT molecular complexity index is 503. The van der Waals surface area contributed by atoms with E-state index in [2.05, 4.69) is 10.2 Å². The van der Waals surface area contributed by atoms with Gasteiger partial charge in [-0.3, -0.25) is 0 Å². The van der Waals surface area contributed by atoms with Gasteiger partial charge in [-0.1, -0.05) is 12.1 Å². The fraction of sp³-hybridized carbons (Fsp3) is 0.231. The number of hydrogen-bond acceptors (Lipinski definition) is 4. The molecular formula is C13H13ClN2O2. The van der Waals surface area contributed by atoms with E-state index in [1.807, 2.05) is 24.3 Å². The molecule has 0 N–H and O–H groups in total. The molecule has 1 heterocycles. The number of halogens is 1. The summed E-state index contributed by atoms with van der Waals surface area (Å²) in [5, 5.41) is 7.85. The summed E-state index contributed by atoms with van der Waals surface area (Å²) in [5.41, 5.74) is 1.76. The van der Waals surface area contributed by atoms with Crippen LogP contribution in [0.4, 0.5) is 0 Å². The third kappa shape index (κ3) is 3.42. The molecule has 0 aliphatic carbocycles. The van der Waals surface area contributed by atoms with Gasteiger partial charge in [0.15, 0.2) is 0 Å². The Morgan fingerprint density at radius 2 is 2.06 bits per heavy atom. The molecule has 0 atom stereocenters. The third-order valence-corrected chi connectivity index (χ3v) is 2.54. The van der Waals surface area contributed by atoms with Crippen LogP contribution in [0.5, 0.6) is 11.6 Å². The molecule has 4 nitrogen and oxygen atoms in total. The maximum atomic E-state index is 5.64. The normalized spacial score (nSPS) is 10.3. The van der Waals surface area contributed by atoms with Crippen molar-refractivity contribution in [3.05, 3.63) is 47.7 Å². The van der Waals surface area contributed by atoms with Gasteiger partial charge in [0, 0.05) is 13.2 Å². The molecule has 94 valence electrons. The summed E-state index contributed by atoms with van der Waals surface area (Å²) in [6.45, 7) is 0.550.